The molecule has 0 saturated carbocycles. The summed E-state index contributed by atoms with van der Waals surface area (Å²) in [6.45, 7) is 0. The Kier molecular flexibility index (Phi) is 4.57. The van der Waals surface area contributed by atoms with E-state index in [2.05, 4.69) is 4.72 Å². The summed E-state index contributed by atoms with van der Waals surface area (Å²) in [6, 6.07) is 2.41. The SMILES string of the molecule is CNS(=O)(=O)Nc1cc(OC)c(OC)cc1C(=O)O. The molecule has 8 nitrogen and oxygen atoms in total. The summed E-state index contributed by atoms with van der Waals surface area (Å²) in [4.78, 5) is 11.1. The second-order valence-electron chi connectivity index (χ2n) is 3.37. The molecule has 0 atom stereocenters. The van der Waals surface area contributed by atoms with Gasteiger partial charge < -0.3 is 14.6 Å². The summed E-state index contributed by atoms with van der Waals surface area (Å²) < 4.78 is 36.9. The number of methoxy groups -OCH3 is 2. The maximum atomic E-state index is 11.4. The lowest BCUT2D eigenvalue weighted by Gasteiger charge is -2.14. The number of aromatic carboxylic acids is 1. The maximum absolute atomic E-state index is 11.4. The van der Waals surface area contributed by atoms with Crippen molar-refractivity contribution in [1.29, 1.82) is 0 Å². The highest BCUT2D eigenvalue weighted by molar-refractivity contribution is 7.90. The summed E-state index contributed by atoms with van der Waals surface area (Å²) >= 11 is 0. The van der Waals surface area contributed by atoms with Crippen LogP contribution < -0.4 is 18.9 Å². The zero-order chi connectivity index (χ0) is 14.6. The van der Waals surface area contributed by atoms with E-state index < -0.39 is 16.2 Å². The molecule has 0 bridgehead atoms. The van der Waals surface area contributed by atoms with Crippen molar-refractivity contribution in [2.45, 2.75) is 0 Å². The minimum atomic E-state index is -3.83. The number of rotatable bonds is 6. The van der Waals surface area contributed by atoms with Gasteiger partial charge in [0.2, 0.25) is 0 Å². The van der Waals surface area contributed by atoms with Crippen LogP contribution in [0.15, 0.2) is 12.1 Å². The average molecular weight is 290 g/mol. The molecular weight excluding hydrogens is 276 g/mol. The summed E-state index contributed by atoms with van der Waals surface area (Å²) in [5.41, 5.74) is -0.379. The predicted molar refractivity (Wildman–Crippen MR) is 68.1 cm³/mol. The molecule has 3 N–H and O–H groups in total. The Hall–Kier alpha value is -2.00. The number of carboxylic acid groups (broad SMARTS) is 1. The molecular formula is C10H14N2O6S. The zero-order valence-electron chi connectivity index (χ0n) is 10.6. The first-order chi connectivity index (χ1) is 8.84. The van der Waals surface area contributed by atoms with Crippen LogP contribution in [-0.2, 0) is 10.2 Å². The van der Waals surface area contributed by atoms with Gasteiger partial charge in [0.1, 0.15) is 0 Å². The number of anilines is 1. The smallest absolute Gasteiger partial charge is 0.337 e. The highest BCUT2D eigenvalue weighted by atomic mass is 32.2. The van der Waals surface area contributed by atoms with Crippen LogP contribution in [0, 0.1) is 0 Å². The summed E-state index contributed by atoms with van der Waals surface area (Å²) in [5.74, 6) is -0.900. The molecule has 0 unspecified atom stereocenters. The number of hydrogen-bond donors (Lipinski definition) is 3. The molecule has 0 amide bonds. The molecule has 0 aromatic heterocycles. The average Bonchev–Trinajstić information content (AvgIpc) is 2.37. The molecule has 106 valence electrons. The molecule has 0 fully saturated rings. The quantitative estimate of drug-likeness (QED) is 0.693. The van der Waals surface area contributed by atoms with Gasteiger partial charge in [-0.2, -0.15) is 8.42 Å². The van der Waals surface area contributed by atoms with Crippen LogP contribution in [0.2, 0.25) is 0 Å². The van der Waals surface area contributed by atoms with Crippen molar-refractivity contribution >= 4 is 21.9 Å². The molecule has 0 radical (unpaired) electrons. The van der Waals surface area contributed by atoms with Crippen molar-refractivity contribution in [2.24, 2.45) is 0 Å². The number of benzene rings is 1. The van der Waals surface area contributed by atoms with Crippen LogP contribution in [0.4, 0.5) is 5.69 Å². The summed E-state index contributed by atoms with van der Waals surface area (Å²) in [6.07, 6.45) is 0. The second-order valence-corrected chi connectivity index (χ2v) is 4.99. The third-order valence-corrected chi connectivity index (χ3v) is 3.29. The van der Waals surface area contributed by atoms with Gasteiger partial charge in [-0.3, -0.25) is 4.72 Å². The van der Waals surface area contributed by atoms with E-state index in [1.807, 2.05) is 4.72 Å². The number of nitrogens with one attached hydrogen (secondary N) is 2. The van der Waals surface area contributed by atoms with Gasteiger partial charge in [-0.15, -0.1) is 0 Å². The third-order valence-electron chi connectivity index (χ3n) is 2.27. The van der Waals surface area contributed by atoms with Gasteiger partial charge in [-0.25, -0.2) is 9.52 Å². The van der Waals surface area contributed by atoms with Crippen molar-refractivity contribution in [1.82, 2.24) is 4.72 Å². The van der Waals surface area contributed by atoms with Crippen LogP contribution in [0.1, 0.15) is 10.4 Å². The minimum Gasteiger partial charge on any atom is -0.493 e. The van der Waals surface area contributed by atoms with Crippen molar-refractivity contribution in [3.63, 3.8) is 0 Å². The molecule has 1 aromatic rings. The van der Waals surface area contributed by atoms with Crippen molar-refractivity contribution in [3.8, 4) is 11.5 Å². The number of carbonyl (C=O) groups is 1. The van der Waals surface area contributed by atoms with E-state index in [0.717, 1.165) is 0 Å². The Balaban J connectivity index is 3.40. The van der Waals surface area contributed by atoms with Gasteiger partial charge in [0.25, 0.3) is 10.2 Å². The molecule has 9 heteroatoms. The van der Waals surface area contributed by atoms with Gasteiger partial charge in [-0.05, 0) is 0 Å². The Morgan fingerprint density at radius 1 is 1.21 bits per heavy atom. The molecule has 0 aliphatic heterocycles. The molecule has 0 aliphatic rings. The highest BCUT2D eigenvalue weighted by Gasteiger charge is 2.19. The molecule has 19 heavy (non-hydrogen) atoms. The Morgan fingerprint density at radius 3 is 2.16 bits per heavy atom. The molecule has 0 aliphatic carbocycles. The number of hydrogen-bond acceptors (Lipinski definition) is 5. The molecule has 1 rings (SSSR count). The first-order valence-electron chi connectivity index (χ1n) is 5.05. The highest BCUT2D eigenvalue weighted by Crippen LogP contribution is 2.33. The van der Waals surface area contributed by atoms with Gasteiger partial charge >= 0.3 is 5.97 Å². The Bertz CT molecular complexity index is 584. The molecule has 0 saturated heterocycles. The zero-order valence-corrected chi connectivity index (χ0v) is 11.4. The Labute approximate surface area is 110 Å². The van der Waals surface area contributed by atoms with Crippen LogP contribution in [0.5, 0.6) is 11.5 Å². The standard InChI is InChI=1S/C10H14N2O6S/c1-11-19(15,16)12-7-5-9(18-3)8(17-2)4-6(7)10(13)14/h4-5,11-12H,1-3H3,(H,13,14). The van der Waals surface area contributed by atoms with E-state index in [0.29, 0.717) is 0 Å². The lowest BCUT2D eigenvalue weighted by atomic mass is 10.1. The lowest BCUT2D eigenvalue weighted by Crippen LogP contribution is -2.27. The summed E-state index contributed by atoms with van der Waals surface area (Å²) in [5, 5.41) is 9.07. The largest absolute Gasteiger partial charge is 0.493 e. The molecule has 0 heterocycles. The van der Waals surface area contributed by atoms with E-state index in [4.69, 9.17) is 14.6 Å². The third kappa shape index (κ3) is 3.48. The number of carboxylic acids is 1. The van der Waals surface area contributed by atoms with Crippen molar-refractivity contribution in [3.05, 3.63) is 17.7 Å². The van der Waals surface area contributed by atoms with E-state index in [-0.39, 0.29) is 22.7 Å². The fourth-order valence-corrected chi connectivity index (χ4v) is 1.90. The topological polar surface area (TPSA) is 114 Å². The second kappa shape index (κ2) is 5.76. The van der Waals surface area contributed by atoms with Crippen molar-refractivity contribution < 1.29 is 27.8 Å². The first kappa shape index (κ1) is 15.1. The van der Waals surface area contributed by atoms with E-state index in [9.17, 15) is 13.2 Å². The predicted octanol–water partition coefficient (Wildman–Crippen LogP) is 0.278. The van der Waals surface area contributed by atoms with E-state index >= 15 is 0 Å². The van der Waals surface area contributed by atoms with Gasteiger partial charge in [0.15, 0.2) is 11.5 Å². The van der Waals surface area contributed by atoms with Gasteiger partial charge in [0, 0.05) is 19.2 Å². The van der Waals surface area contributed by atoms with Crippen LogP contribution in [0.3, 0.4) is 0 Å². The monoisotopic (exact) mass is 290 g/mol. The van der Waals surface area contributed by atoms with Gasteiger partial charge in [-0.1, -0.05) is 0 Å². The molecule has 1 aromatic carbocycles. The fourth-order valence-electron chi connectivity index (χ4n) is 1.34. The maximum Gasteiger partial charge on any atom is 0.337 e. The lowest BCUT2D eigenvalue weighted by molar-refractivity contribution is 0.0697. The van der Waals surface area contributed by atoms with E-state index in [1.165, 1.54) is 33.4 Å². The number of ether oxygens (including phenoxy) is 2. The normalized spacial score (nSPS) is 10.9. The first-order valence-corrected chi connectivity index (χ1v) is 6.53. The van der Waals surface area contributed by atoms with Gasteiger partial charge in [0.05, 0.1) is 25.5 Å². The van der Waals surface area contributed by atoms with Crippen LogP contribution in [0.25, 0.3) is 0 Å². The van der Waals surface area contributed by atoms with E-state index in [1.54, 1.807) is 0 Å². The van der Waals surface area contributed by atoms with Crippen molar-refractivity contribution in [2.75, 3.05) is 26.0 Å². The fraction of sp³-hybridized carbons (Fsp3) is 0.300. The minimum absolute atomic E-state index is 0.125. The van der Waals surface area contributed by atoms with Crippen LogP contribution in [-0.4, -0.2) is 40.8 Å². The van der Waals surface area contributed by atoms with Crippen LogP contribution >= 0.6 is 0 Å². The molecule has 0 spiro atoms. The summed E-state index contributed by atoms with van der Waals surface area (Å²) in [7, 11) is 0.0691. The Morgan fingerprint density at radius 2 is 1.74 bits per heavy atom.